The lowest BCUT2D eigenvalue weighted by molar-refractivity contribution is -0.279. The lowest BCUT2D eigenvalue weighted by Crippen LogP contribution is -2.23. The molecule has 0 aliphatic heterocycles. The van der Waals surface area contributed by atoms with Gasteiger partial charge in [0.15, 0.2) is 32.5 Å². The van der Waals surface area contributed by atoms with Crippen molar-refractivity contribution in [3.63, 3.8) is 0 Å². The molecule has 0 radical (unpaired) electrons. The summed E-state index contributed by atoms with van der Waals surface area (Å²) in [6, 6.07) is 0. The van der Waals surface area contributed by atoms with E-state index < -0.39 is 32.5 Å². The highest BCUT2D eigenvalue weighted by atomic mass is 16.8. The number of hydrogen-bond acceptors (Lipinski definition) is 8. The van der Waals surface area contributed by atoms with Crippen LogP contribution in [-0.4, -0.2) is 56.3 Å². The van der Waals surface area contributed by atoms with Gasteiger partial charge in [0.1, 0.15) is 13.6 Å². The van der Waals surface area contributed by atoms with Crippen molar-refractivity contribution in [3.05, 3.63) is 0 Å². The molecule has 2 atom stereocenters. The van der Waals surface area contributed by atoms with E-state index >= 15 is 0 Å². The molecule has 8 nitrogen and oxygen atoms in total. The van der Waals surface area contributed by atoms with E-state index in [0.29, 0.717) is 0 Å². The maximum atomic E-state index is 8.44. The van der Waals surface area contributed by atoms with E-state index in [1.54, 1.807) is 20.8 Å². The summed E-state index contributed by atoms with van der Waals surface area (Å²) in [5.74, 6) is 0. The van der Waals surface area contributed by atoms with Gasteiger partial charge in [-0.05, 0) is 20.8 Å². The summed E-state index contributed by atoms with van der Waals surface area (Å²) in [6.45, 7) is 4.02. The van der Waals surface area contributed by atoms with E-state index in [0.717, 1.165) is 0 Å². The van der Waals surface area contributed by atoms with Gasteiger partial charge in [-0.25, -0.2) is 0 Å². The Morgan fingerprint density at radius 3 is 1.17 bits per heavy atom. The van der Waals surface area contributed by atoms with Crippen LogP contribution in [0.4, 0.5) is 0 Å². The van der Waals surface area contributed by atoms with E-state index in [1.165, 1.54) is 0 Å². The fourth-order valence-corrected chi connectivity index (χ4v) is 0.816. The van der Waals surface area contributed by atoms with E-state index in [9.17, 15) is 0 Å². The molecule has 0 aromatic carbocycles. The molecular weight excluding hydrogens is 248 g/mol. The molecule has 18 heavy (non-hydrogen) atoms. The highest BCUT2D eigenvalue weighted by Gasteiger charge is 2.06. The average molecular weight is 270 g/mol. The van der Waals surface area contributed by atoms with E-state index in [2.05, 4.69) is 0 Å². The first-order chi connectivity index (χ1) is 8.60. The van der Waals surface area contributed by atoms with Gasteiger partial charge in [0, 0.05) is 0 Å². The van der Waals surface area contributed by atoms with Crippen LogP contribution in [0.25, 0.3) is 0 Å². The third kappa shape index (κ3) is 10.8. The van der Waals surface area contributed by atoms with Crippen molar-refractivity contribution in [2.24, 2.45) is 0 Å². The molecule has 0 aromatic heterocycles. The molecule has 0 amide bonds. The predicted molar refractivity (Wildman–Crippen MR) is 58.8 cm³/mol. The predicted octanol–water partition coefficient (Wildman–Crippen LogP) is -0.0614. The molecule has 0 saturated carbocycles. The van der Waals surface area contributed by atoms with Crippen LogP contribution in [0.2, 0.25) is 0 Å². The Hall–Kier alpha value is -0.320. The molecule has 0 aliphatic rings. The molecule has 0 aromatic rings. The van der Waals surface area contributed by atoms with Gasteiger partial charge < -0.3 is 38.6 Å². The van der Waals surface area contributed by atoms with Crippen molar-refractivity contribution in [2.75, 3.05) is 27.2 Å². The molecule has 8 heteroatoms. The molecule has 2 N–H and O–H groups in total. The number of rotatable bonds is 12. The lowest BCUT2D eigenvalue weighted by Gasteiger charge is -2.18. The number of aliphatic hydroxyl groups is 2. The molecule has 2 unspecified atom stereocenters. The standard InChI is InChI=1S/C10H22O8/c1-8(13-4-11)15-6-17-10(3)18-7-16-9(2)14-5-12/h8-12H,4-7H2,1-3H3. The highest BCUT2D eigenvalue weighted by molar-refractivity contribution is 4.30. The lowest BCUT2D eigenvalue weighted by atomic mass is 10.7. The number of aliphatic hydroxyl groups excluding tert-OH is 2. The SMILES string of the molecule is CC(OCO)OCOC(C)OCOC(C)OCO. The van der Waals surface area contributed by atoms with E-state index in [4.69, 9.17) is 38.6 Å². The summed E-state index contributed by atoms with van der Waals surface area (Å²) in [6.07, 6.45) is -1.65. The molecule has 0 fully saturated rings. The zero-order valence-corrected chi connectivity index (χ0v) is 10.9. The Balaban J connectivity index is 3.39. The zero-order valence-electron chi connectivity index (χ0n) is 10.9. The minimum Gasteiger partial charge on any atom is -0.371 e. The van der Waals surface area contributed by atoms with Gasteiger partial charge in [0.2, 0.25) is 0 Å². The van der Waals surface area contributed by atoms with Crippen molar-refractivity contribution in [1.29, 1.82) is 0 Å². The number of hydrogen-bond donors (Lipinski definition) is 2. The molecular formula is C10H22O8. The smallest absolute Gasteiger partial charge is 0.160 e. The third-order valence-corrected chi connectivity index (χ3v) is 1.83. The van der Waals surface area contributed by atoms with E-state index in [-0.39, 0.29) is 13.6 Å². The summed E-state index contributed by atoms with van der Waals surface area (Å²) in [4.78, 5) is 0. The first-order valence-corrected chi connectivity index (χ1v) is 5.51. The van der Waals surface area contributed by atoms with E-state index in [1.807, 2.05) is 0 Å². The minimum atomic E-state index is -0.559. The molecule has 0 heterocycles. The fraction of sp³-hybridized carbons (Fsp3) is 1.00. The molecule has 0 spiro atoms. The molecule has 0 aliphatic carbocycles. The van der Waals surface area contributed by atoms with Gasteiger partial charge in [-0.15, -0.1) is 0 Å². The fourth-order valence-electron chi connectivity index (χ4n) is 0.816. The summed E-state index contributed by atoms with van der Waals surface area (Å²) in [5, 5.41) is 16.9. The monoisotopic (exact) mass is 270 g/mol. The summed E-state index contributed by atoms with van der Waals surface area (Å²) >= 11 is 0. The quantitative estimate of drug-likeness (QED) is 0.476. The topological polar surface area (TPSA) is 95.8 Å². The van der Waals surface area contributed by atoms with Crippen LogP contribution in [0.5, 0.6) is 0 Å². The zero-order chi connectivity index (χ0) is 13.8. The van der Waals surface area contributed by atoms with Crippen molar-refractivity contribution >= 4 is 0 Å². The minimum absolute atomic E-state index is 0.0367. The maximum absolute atomic E-state index is 8.44. The van der Waals surface area contributed by atoms with Crippen LogP contribution in [0, 0.1) is 0 Å². The Labute approximate surface area is 106 Å². The Kier molecular flexibility index (Phi) is 11.5. The molecule has 0 bridgehead atoms. The van der Waals surface area contributed by atoms with Crippen LogP contribution in [0.3, 0.4) is 0 Å². The average Bonchev–Trinajstić information content (AvgIpc) is 2.29. The van der Waals surface area contributed by atoms with Crippen LogP contribution in [-0.2, 0) is 28.4 Å². The van der Waals surface area contributed by atoms with Gasteiger partial charge in [-0.1, -0.05) is 0 Å². The van der Waals surface area contributed by atoms with Crippen molar-refractivity contribution in [1.82, 2.24) is 0 Å². The van der Waals surface area contributed by atoms with Gasteiger partial charge in [0.05, 0.1) is 0 Å². The van der Waals surface area contributed by atoms with Crippen LogP contribution in [0.1, 0.15) is 20.8 Å². The maximum Gasteiger partial charge on any atom is 0.160 e. The second kappa shape index (κ2) is 11.8. The first-order valence-electron chi connectivity index (χ1n) is 5.51. The first kappa shape index (κ1) is 17.7. The second-order valence-electron chi connectivity index (χ2n) is 3.20. The van der Waals surface area contributed by atoms with Crippen LogP contribution >= 0.6 is 0 Å². The van der Waals surface area contributed by atoms with Gasteiger partial charge in [-0.3, -0.25) is 0 Å². The third-order valence-electron chi connectivity index (χ3n) is 1.83. The Morgan fingerprint density at radius 1 is 0.611 bits per heavy atom. The largest absolute Gasteiger partial charge is 0.371 e. The molecule has 110 valence electrons. The highest BCUT2D eigenvalue weighted by Crippen LogP contribution is 1.99. The van der Waals surface area contributed by atoms with Gasteiger partial charge in [-0.2, -0.15) is 0 Å². The normalized spacial score (nSPS) is 16.5. The van der Waals surface area contributed by atoms with Crippen molar-refractivity contribution in [2.45, 2.75) is 39.6 Å². The summed E-state index contributed by atoms with van der Waals surface area (Å²) in [5.41, 5.74) is 0. The number of ether oxygens (including phenoxy) is 6. The second-order valence-corrected chi connectivity index (χ2v) is 3.20. The summed E-state index contributed by atoms with van der Waals surface area (Å²) < 4.78 is 29.7. The molecule has 0 saturated heterocycles. The molecule has 0 rings (SSSR count). The van der Waals surface area contributed by atoms with Gasteiger partial charge >= 0.3 is 0 Å². The van der Waals surface area contributed by atoms with Gasteiger partial charge in [0.25, 0.3) is 0 Å². The van der Waals surface area contributed by atoms with Crippen molar-refractivity contribution < 1.29 is 38.6 Å². The van der Waals surface area contributed by atoms with Crippen LogP contribution < -0.4 is 0 Å². The van der Waals surface area contributed by atoms with Crippen molar-refractivity contribution in [3.8, 4) is 0 Å². The summed E-state index contributed by atoms with van der Waals surface area (Å²) in [7, 11) is 0. The Morgan fingerprint density at radius 2 is 0.889 bits per heavy atom. The van der Waals surface area contributed by atoms with Crippen LogP contribution in [0.15, 0.2) is 0 Å². The Bertz CT molecular complexity index is 161.